The molecule has 0 saturated heterocycles. The van der Waals surface area contributed by atoms with Gasteiger partial charge in [0.1, 0.15) is 0 Å². The number of carbonyl (C=O) groups excluding carboxylic acids is 2. The van der Waals surface area contributed by atoms with Gasteiger partial charge in [0.25, 0.3) is 5.91 Å². The van der Waals surface area contributed by atoms with Crippen molar-refractivity contribution in [3.63, 3.8) is 0 Å². The van der Waals surface area contributed by atoms with Crippen molar-refractivity contribution < 1.29 is 14.8 Å². The number of amides is 2. The maximum absolute atomic E-state index is 12.5. The van der Waals surface area contributed by atoms with E-state index in [1.165, 1.54) is 24.5 Å². The SMILES string of the molecule is O=C(C=Cc1ccc2c(c1)CN(C(=O)C1CCCC1)C2)NO. The molecule has 2 N–H and O–H groups in total. The Morgan fingerprint density at radius 1 is 1.18 bits per heavy atom. The van der Waals surface area contributed by atoms with E-state index in [0.717, 1.165) is 24.0 Å². The molecule has 3 rings (SSSR count). The minimum absolute atomic E-state index is 0.210. The van der Waals surface area contributed by atoms with E-state index in [1.54, 1.807) is 11.6 Å². The van der Waals surface area contributed by atoms with Crippen molar-refractivity contribution >= 4 is 17.9 Å². The second kappa shape index (κ2) is 6.32. The lowest BCUT2D eigenvalue weighted by Crippen LogP contribution is -2.30. The highest BCUT2D eigenvalue weighted by molar-refractivity contribution is 5.90. The molecular formula is C17H20N2O3. The Hall–Kier alpha value is -2.14. The van der Waals surface area contributed by atoms with Crippen LogP contribution in [0, 0.1) is 5.92 Å². The van der Waals surface area contributed by atoms with Gasteiger partial charge in [-0.3, -0.25) is 14.8 Å². The highest BCUT2D eigenvalue weighted by Crippen LogP contribution is 2.31. The predicted molar refractivity (Wildman–Crippen MR) is 81.6 cm³/mol. The highest BCUT2D eigenvalue weighted by Gasteiger charge is 2.30. The van der Waals surface area contributed by atoms with Crippen molar-refractivity contribution in [3.05, 3.63) is 41.0 Å². The van der Waals surface area contributed by atoms with Crippen molar-refractivity contribution in [2.45, 2.75) is 38.8 Å². The number of nitrogens with one attached hydrogen (secondary N) is 1. The molecule has 1 aromatic rings. The van der Waals surface area contributed by atoms with Crippen LogP contribution in [-0.4, -0.2) is 21.9 Å². The summed E-state index contributed by atoms with van der Waals surface area (Å²) in [7, 11) is 0. The van der Waals surface area contributed by atoms with Gasteiger partial charge < -0.3 is 4.90 Å². The van der Waals surface area contributed by atoms with E-state index in [-0.39, 0.29) is 11.8 Å². The molecule has 5 heteroatoms. The molecule has 116 valence electrons. The minimum Gasteiger partial charge on any atom is -0.334 e. The quantitative estimate of drug-likeness (QED) is 0.511. The zero-order valence-corrected chi connectivity index (χ0v) is 12.4. The van der Waals surface area contributed by atoms with E-state index in [1.807, 2.05) is 23.1 Å². The van der Waals surface area contributed by atoms with Crippen LogP contribution in [-0.2, 0) is 22.7 Å². The molecule has 0 spiro atoms. The second-order valence-electron chi connectivity index (χ2n) is 6.01. The van der Waals surface area contributed by atoms with Crippen LogP contribution in [0.25, 0.3) is 6.08 Å². The molecule has 0 radical (unpaired) electrons. The van der Waals surface area contributed by atoms with Crippen molar-refractivity contribution in [1.29, 1.82) is 0 Å². The molecule has 1 aliphatic heterocycles. The fraction of sp³-hybridized carbons (Fsp3) is 0.412. The number of carbonyl (C=O) groups is 2. The van der Waals surface area contributed by atoms with Crippen LogP contribution in [0.3, 0.4) is 0 Å². The van der Waals surface area contributed by atoms with E-state index < -0.39 is 5.91 Å². The molecule has 1 heterocycles. The van der Waals surface area contributed by atoms with E-state index in [0.29, 0.717) is 13.1 Å². The summed E-state index contributed by atoms with van der Waals surface area (Å²) in [6, 6.07) is 5.93. The van der Waals surface area contributed by atoms with Gasteiger partial charge in [-0.1, -0.05) is 25.0 Å². The van der Waals surface area contributed by atoms with Gasteiger partial charge in [0.05, 0.1) is 0 Å². The van der Waals surface area contributed by atoms with Crippen molar-refractivity contribution in [3.8, 4) is 0 Å². The van der Waals surface area contributed by atoms with Crippen molar-refractivity contribution in [1.82, 2.24) is 10.4 Å². The summed E-state index contributed by atoms with van der Waals surface area (Å²) < 4.78 is 0. The molecule has 0 aromatic heterocycles. The largest absolute Gasteiger partial charge is 0.334 e. The molecule has 22 heavy (non-hydrogen) atoms. The Balaban J connectivity index is 1.69. The molecule has 1 aromatic carbocycles. The van der Waals surface area contributed by atoms with Gasteiger partial charge in [-0.05, 0) is 41.7 Å². The number of fused-ring (bicyclic) bond motifs is 1. The smallest absolute Gasteiger partial charge is 0.267 e. The zero-order chi connectivity index (χ0) is 15.5. The van der Waals surface area contributed by atoms with Gasteiger partial charge in [-0.25, -0.2) is 5.48 Å². The summed E-state index contributed by atoms with van der Waals surface area (Å²) in [5, 5.41) is 8.47. The third-order valence-corrected chi connectivity index (χ3v) is 4.51. The number of rotatable bonds is 3. The van der Waals surface area contributed by atoms with Crippen LogP contribution < -0.4 is 5.48 Å². The summed E-state index contributed by atoms with van der Waals surface area (Å²) >= 11 is 0. The number of nitrogens with zero attached hydrogens (tertiary/aromatic N) is 1. The molecule has 0 unspecified atom stereocenters. The molecule has 2 aliphatic rings. The van der Waals surface area contributed by atoms with Gasteiger partial charge in [0, 0.05) is 25.1 Å². The van der Waals surface area contributed by atoms with Crippen LogP contribution in [0.5, 0.6) is 0 Å². The molecule has 0 bridgehead atoms. The summed E-state index contributed by atoms with van der Waals surface area (Å²) in [4.78, 5) is 25.4. The number of hydrogen-bond acceptors (Lipinski definition) is 3. The Kier molecular flexibility index (Phi) is 4.24. The first kappa shape index (κ1) is 14.8. The number of hydroxylamine groups is 1. The van der Waals surface area contributed by atoms with Crippen LogP contribution in [0.2, 0.25) is 0 Å². The lowest BCUT2D eigenvalue weighted by atomic mass is 10.1. The van der Waals surface area contributed by atoms with Crippen molar-refractivity contribution in [2.24, 2.45) is 5.92 Å². The molecule has 1 fully saturated rings. The van der Waals surface area contributed by atoms with Gasteiger partial charge in [0.15, 0.2) is 0 Å². The first-order valence-corrected chi connectivity index (χ1v) is 7.70. The topological polar surface area (TPSA) is 69.6 Å². The Morgan fingerprint density at radius 3 is 2.64 bits per heavy atom. The average Bonchev–Trinajstić information content (AvgIpc) is 3.20. The predicted octanol–water partition coefficient (Wildman–Crippen LogP) is 2.24. The van der Waals surface area contributed by atoms with Crippen LogP contribution >= 0.6 is 0 Å². The minimum atomic E-state index is -0.557. The standard InChI is InChI=1S/C17H20N2O3/c20-16(18-22)8-6-12-5-7-14-10-19(11-15(14)9-12)17(21)13-3-1-2-4-13/h5-9,13,22H,1-4,10-11H2,(H,18,20). The molecule has 1 saturated carbocycles. The van der Waals surface area contributed by atoms with Gasteiger partial charge in [-0.2, -0.15) is 0 Å². The Bertz CT molecular complexity index is 618. The first-order chi connectivity index (χ1) is 10.7. The van der Waals surface area contributed by atoms with Gasteiger partial charge in [-0.15, -0.1) is 0 Å². The van der Waals surface area contributed by atoms with Crippen LogP contribution in [0.1, 0.15) is 42.4 Å². The third kappa shape index (κ3) is 3.04. The van der Waals surface area contributed by atoms with E-state index in [9.17, 15) is 9.59 Å². The normalized spacial score (nSPS) is 18.0. The Morgan fingerprint density at radius 2 is 1.91 bits per heavy atom. The lowest BCUT2D eigenvalue weighted by molar-refractivity contribution is -0.136. The van der Waals surface area contributed by atoms with Crippen molar-refractivity contribution in [2.75, 3.05) is 0 Å². The maximum Gasteiger partial charge on any atom is 0.267 e. The number of hydrogen-bond donors (Lipinski definition) is 2. The fourth-order valence-electron chi connectivity index (χ4n) is 3.31. The molecular weight excluding hydrogens is 280 g/mol. The highest BCUT2D eigenvalue weighted by atomic mass is 16.5. The molecule has 2 amide bonds. The van der Waals surface area contributed by atoms with E-state index in [4.69, 9.17) is 5.21 Å². The monoisotopic (exact) mass is 300 g/mol. The summed E-state index contributed by atoms with van der Waals surface area (Å²) in [6.07, 6.45) is 7.30. The molecule has 0 atom stereocenters. The fourth-order valence-corrected chi connectivity index (χ4v) is 3.31. The second-order valence-corrected chi connectivity index (χ2v) is 6.01. The lowest BCUT2D eigenvalue weighted by Gasteiger charge is -2.19. The van der Waals surface area contributed by atoms with E-state index in [2.05, 4.69) is 0 Å². The average molecular weight is 300 g/mol. The summed E-state index contributed by atoms with van der Waals surface area (Å²) in [6.45, 7) is 1.34. The van der Waals surface area contributed by atoms with Gasteiger partial charge in [0.2, 0.25) is 5.91 Å². The van der Waals surface area contributed by atoms with E-state index >= 15 is 0 Å². The summed E-state index contributed by atoms with van der Waals surface area (Å²) in [5.74, 6) is -0.0640. The Labute approximate surface area is 129 Å². The first-order valence-electron chi connectivity index (χ1n) is 7.70. The van der Waals surface area contributed by atoms with Gasteiger partial charge >= 0.3 is 0 Å². The molecule has 1 aliphatic carbocycles. The maximum atomic E-state index is 12.5. The van der Waals surface area contributed by atoms with Crippen LogP contribution in [0.4, 0.5) is 0 Å². The van der Waals surface area contributed by atoms with Crippen LogP contribution in [0.15, 0.2) is 24.3 Å². The zero-order valence-electron chi connectivity index (χ0n) is 12.4. The summed E-state index contributed by atoms with van der Waals surface area (Å²) in [5.41, 5.74) is 4.76. The number of benzene rings is 1. The third-order valence-electron chi connectivity index (χ3n) is 4.51. The molecule has 5 nitrogen and oxygen atoms in total.